The summed E-state index contributed by atoms with van der Waals surface area (Å²) in [6.45, 7) is 7.95. The largest absolute Gasteiger partial charge is 0.340 e. The molecule has 0 saturated carbocycles. The van der Waals surface area contributed by atoms with Crippen molar-refractivity contribution in [2.75, 3.05) is 6.54 Å². The van der Waals surface area contributed by atoms with Crippen molar-refractivity contribution in [1.82, 2.24) is 4.90 Å². The van der Waals surface area contributed by atoms with E-state index in [1.165, 1.54) is 19.3 Å². The van der Waals surface area contributed by atoms with Crippen LogP contribution in [0.2, 0.25) is 0 Å². The molecule has 2 heteroatoms. The number of amides is 1. The van der Waals surface area contributed by atoms with E-state index in [9.17, 15) is 4.79 Å². The summed E-state index contributed by atoms with van der Waals surface area (Å²) in [5.74, 6) is 1.12. The first-order valence-corrected chi connectivity index (χ1v) is 6.28. The van der Waals surface area contributed by atoms with Gasteiger partial charge in [0.2, 0.25) is 5.91 Å². The zero-order valence-electron chi connectivity index (χ0n) is 10.3. The summed E-state index contributed by atoms with van der Waals surface area (Å²) >= 11 is 0. The molecule has 0 bridgehead atoms. The van der Waals surface area contributed by atoms with Crippen molar-refractivity contribution in [2.45, 2.75) is 58.9 Å². The van der Waals surface area contributed by atoms with Crippen molar-refractivity contribution in [3.05, 3.63) is 0 Å². The monoisotopic (exact) mass is 209 g/mol. The van der Waals surface area contributed by atoms with Gasteiger partial charge in [0.05, 0.1) is 0 Å². The fraction of sp³-hybridized carbons (Fsp3) is 0.923. The van der Waals surface area contributed by atoms with Crippen molar-refractivity contribution in [3.8, 4) is 0 Å². The molecule has 0 aromatic rings. The number of carbonyl (C=O) groups excluding carboxylic acids is 1. The lowest BCUT2D eigenvalue weighted by atomic mass is 9.75. The van der Waals surface area contributed by atoms with E-state index in [0.29, 0.717) is 17.4 Å². The summed E-state index contributed by atoms with van der Waals surface area (Å²) in [5, 5.41) is 0. The van der Waals surface area contributed by atoms with E-state index in [1.807, 2.05) is 0 Å². The highest BCUT2D eigenvalue weighted by molar-refractivity contribution is 5.77. The van der Waals surface area contributed by atoms with E-state index in [-0.39, 0.29) is 0 Å². The molecular formula is C13H23NO. The molecule has 0 unspecified atom stereocenters. The first-order chi connectivity index (χ1) is 6.98. The molecule has 0 aliphatic carbocycles. The van der Waals surface area contributed by atoms with Crippen molar-refractivity contribution < 1.29 is 4.79 Å². The summed E-state index contributed by atoms with van der Waals surface area (Å²) in [5.41, 5.74) is 0.360. The molecule has 2 nitrogen and oxygen atoms in total. The van der Waals surface area contributed by atoms with E-state index in [0.717, 1.165) is 25.3 Å². The minimum Gasteiger partial charge on any atom is -0.340 e. The molecule has 2 saturated heterocycles. The van der Waals surface area contributed by atoms with Crippen LogP contribution >= 0.6 is 0 Å². The van der Waals surface area contributed by atoms with Crippen molar-refractivity contribution in [3.63, 3.8) is 0 Å². The fourth-order valence-corrected chi connectivity index (χ4v) is 3.08. The number of fused-ring (bicyclic) bond motifs is 1. The van der Waals surface area contributed by atoms with Gasteiger partial charge in [-0.1, -0.05) is 20.8 Å². The van der Waals surface area contributed by atoms with Gasteiger partial charge in [-0.05, 0) is 37.0 Å². The maximum atomic E-state index is 11.9. The molecule has 2 aliphatic rings. The van der Waals surface area contributed by atoms with Gasteiger partial charge in [-0.2, -0.15) is 0 Å². The molecule has 0 aromatic heterocycles. The Kier molecular flexibility index (Phi) is 2.78. The summed E-state index contributed by atoms with van der Waals surface area (Å²) in [6, 6.07) is 0.559. The van der Waals surface area contributed by atoms with Gasteiger partial charge in [-0.25, -0.2) is 0 Å². The molecule has 15 heavy (non-hydrogen) atoms. The first-order valence-electron chi connectivity index (χ1n) is 6.28. The van der Waals surface area contributed by atoms with E-state index < -0.39 is 0 Å². The molecule has 0 aromatic carbocycles. The molecule has 0 radical (unpaired) electrons. The summed E-state index contributed by atoms with van der Waals surface area (Å²) in [4.78, 5) is 14.0. The number of rotatable bonds is 0. The van der Waals surface area contributed by atoms with E-state index >= 15 is 0 Å². The second kappa shape index (κ2) is 3.80. The predicted molar refractivity (Wildman–Crippen MR) is 61.5 cm³/mol. The Morgan fingerprint density at radius 2 is 2.00 bits per heavy atom. The summed E-state index contributed by atoms with van der Waals surface area (Å²) in [7, 11) is 0. The number of carbonyl (C=O) groups is 1. The van der Waals surface area contributed by atoms with Crippen molar-refractivity contribution in [2.24, 2.45) is 11.3 Å². The molecule has 86 valence electrons. The Balaban J connectivity index is 2.11. The minimum absolute atomic E-state index is 0.360. The lowest BCUT2D eigenvalue weighted by Crippen LogP contribution is -2.34. The first kappa shape index (κ1) is 11.0. The second-order valence-corrected chi connectivity index (χ2v) is 6.22. The van der Waals surface area contributed by atoms with Crippen LogP contribution in [-0.4, -0.2) is 23.4 Å². The van der Waals surface area contributed by atoms with Gasteiger partial charge < -0.3 is 4.90 Å². The smallest absolute Gasteiger partial charge is 0.222 e. The summed E-state index contributed by atoms with van der Waals surface area (Å²) in [6.07, 6.45) is 5.55. The Labute approximate surface area is 93.0 Å². The third-order valence-electron chi connectivity index (χ3n) is 4.19. The quantitative estimate of drug-likeness (QED) is 0.601. The predicted octanol–water partition coefficient (Wildman–Crippen LogP) is 2.82. The van der Waals surface area contributed by atoms with Crippen LogP contribution in [0, 0.1) is 11.3 Å². The lowest BCUT2D eigenvalue weighted by Gasteiger charge is -2.32. The lowest BCUT2D eigenvalue weighted by molar-refractivity contribution is -0.131. The molecule has 1 amide bonds. The van der Waals surface area contributed by atoms with Crippen LogP contribution in [0.25, 0.3) is 0 Å². The van der Waals surface area contributed by atoms with Crippen LogP contribution in [-0.2, 0) is 4.79 Å². The van der Waals surface area contributed by atoms with Gasteiger partial charge in [0.25, 0.3) is 0 Å². The van der Waals surface area contributed by atoms with Gasteiger partial charge in [-0.3, -0.25) is 4.79 Å². The third kappa shape index (κ3) is 2.19. The molecule has 2 rings (SSSR count). The van der Waals surface area contributed by atoms with E-state index in [4.69, 9.17) is 0 Å². The fourth-order valence-electron chi connectivity index (χ4n) is 3.08. The molecule has 2 aliphatic heterocycles. The second-order valence-electron chi connectivity index (χ2n) is 6.22. The molecular weight excluding hydrogens is 186 g/mol. The zero-order chi connectivity index (χ0) is 11.1. The molecule has 0 N–H and O–H groups in total. The normalized spacial score (nSPS) is 32.7. The average molecular weight is 209 g/mol. The van der Waals surface area contributed by atoms with Gasteiger partial charge in [0, 0.05) is 19.0 Å². The topological polar surface area (TPSA) is 20.3 Å². The minimum atomic E-state index is 0.360. The Hall–Kier alpha value is -0.530. The van der Waals surface area contributed by atoms with Gasteiger partial charge >= 0.3 is 0 Å². The molecule has 0 spiro atoms. The third-order valence-corrected chi connectivity index (χ3v) is 4.19. The van der Waals surface area contributed by atoms with Crippen LogP contribution in [0.1, 0.15) is 52.9 Å². The van der Waals surface area contributed by atoms with Crippen molar-refractivity contribution in [1.29, 1.82) is 0 Å². The highest BCUT2D eigenvalue weighted by Gasteiger charge is 2.37. The van der Waals surface area contributed by atoms with Gasteiger partial charge in [0.1, 0.15) is 0 Å². The Morgan fingerprint density at radius 1 is 1.27 bits per heavy atom. The highest BCUT2D eigenvalue weighted by Crippen LogP contribution is 2.39. The maximum absolute atomic E-state index is 11.9. The van der Waals surface area contributed by atoms with Gasteiger partial charge in [-0.15, -0.1) is 0 Å². The molecule has 2 heterocycles. The summed E-state index contributed by atoms with van der Waals surface area (Å²) < 4.78 is 0. The average Bonchev–Trinajstić information content (AvgIpc) is 2.52. The highest BCUT2D eigenvalue weighted by atomic mass is 16.2. The molecule has 2 atom stereocenters. The van der Waals surface area contributed by atoms with Crippen molar-refractivity contribution >= 4 is 5.91 Å². The SMILES string of the molecule is CC(C)(C)[C@H]1CCC(=O)N2CCC[C@H]2C1. The van der Waals surface area contributed by atoms with Crippen LogP contribution in [0.4, 0.5) is 0 Å². The number of nitrogens with zero attached hydrogens (tertiary/aromatic N) is 1. The standard InChI is InChI=1S/C13H23NO/c1-13(2,3)10-6-7-12(15)14-8-4-5-11(14)9-10/h10-11H,4-9H2,1-3H3/t10-,11-/m0/s1. The molecule has 2 fully saturated rings. The van der Waals surface area contributed by atoms with Crippen LogP contribution < -0.4 is 0 Å². The van der Waals surface area contributed by atoms with Gasteiger partial charge in [0.15, 0.2) is 0 Å². The Bertz CT molecular complexity index is 254. The zero-order valence-corrected chi connectivity index (χ0v) is 10.3. The van der Waals surface area contributed by atoms with E-state index in [1.54, 1.807) is 0 Å². The Morgan fingerprint density at radius 3 is 2.67 bits per heavy atom. The number of hydrogen-bond donors (Lipinski definition) is 0. The number of hydrogen-bond acceptors (Lipinski definition) is 1. The van der Waals surface area contributed by atoms with Crippen LogP contribution in [0.3, 0.4) is 0 Å². The maximum Gasteiger partial charge on any atom is 0.222 e. The van der Waals surface area contributed by atoms with E-state index in [2.05, 4.69) is 25.7 Å². The van der Waals surface area contributed by atoms with Crippen LogP contribution in [0.15, 0.2) is 0 Å². The van der Waals surface area contributed by atoms with Crippen LogP contribution in [0.5, 0.6) is 0 Å².